The Hall–Kier alpha value is -0.620. The molecule has 0 aromatic carbocycles. The van der Waals surface area contributed by atoms with Crippen LogP contribution in [0.15, 0.2) is 0 Å². The fourth-order valence-electron chi connectivity index (χ4n) is 3.06. The third-order valence-electron chi connectivity index (χ3n) is 4.54. The van der Waals surface area contributed by atoms with E-state index in [1.807, 2.05) is 0 Å². The molecule has 1 saturated carbocycles. The van der Waals surface area contributed by atoms with Crippen LogP contribution in [0.2, 0.25) is 0 Å². The highest BCUT2D eigenvalue weighted by molar-refractivity contribution is 7.91. The van der Waals surface area contributed by atoms with Crippen LogP contribution in [0.5, 0.6) is 0 Å². The third kappa shape index (κ3) is 3.92. The average Bonchev–Trinajstić information content (AvgIpc) is 2.59. The number of hydrogen-bond donors (Lipinski definition) is 2. The van der Waals surface area contributed by atoms with Crippen LogP contribution >= 0.6 is 0 Å². The minimum absolute atomic E-state index is 0.0273. The molecule has 0 radical (unpaired) electrons. The SMILES string of the molecule is CC1CCC(NC(=O)CC2CS(=O)(=O)CCN2)C1C. The van der Waals surface area contributed by atoms with Crippen molar-refractivity contribution in [3.63, 3.8) is 0 Å². The highest BCUT2D eigenvalue weighted by atomic mass is 32.2. The van der Waals surface area contributed by atoms with Crippen LogP contribution in [-0.2, 0) is 14.6 Å². The molecule has 1 aliphatic heterocycles. The molecule has 1 saturated heterocycles. The molecule has 0 bridgehead atoms. The lowest BCUT2D eigenvalue weighted by Crippen LogP contribution is -2.48. The van der Waals surface area contributed by atoms with Gasteiger partial charge in [-0.1, -0.05) is 13.8 Å². The Labute approximate surface area is 115 Å². The number of sulfone groups is 1. The van der Waals surface area contributed by atoms with Crippen LogP contribution in [-0.4, -0.2) is 44.5 Å². The van der Waals surface area contributed by atoms with E-state index in [1.165, 1.54) is 0 Å². The summed E-state index contributed by atoms with van der Waals surface area (Å²) in [5.41, 5.74) is 0. The molecule has 0 aromatic heterocycles. The fourth-order valence-corrected chi connectivity index (χ4v) is 4.50. The van der Waals surface area contributed by atoms with Crippen molar-refractivity contribution in [2.24, 2.45) is 11.8 Å². The third-order valence-corrected chi connectivity index (χ3v) is 6.28. The van der Waals surface area contributed by atoms with Crippen molar-refractivity contribution >= 4 is 15.7 Å². The summed E-state index contributed by atoms with van der Waals surface area (Å²) < 4.78 is 23.0. The predicted octanol–water partition coefficient (Wildman–Crippen LogP) is 0.314. The molecule has 2 rings (SSSR count). The molecule has 1 amide bonds. The van der Waals surface area contributed by atoms with Crippen molar-refractivity contribution in [1.29, 1.82) is 0 Å². The van der Waals surface area contributed by atoms with Gasteiger partial charge >= 0.3 is 0 Å². The highest BCUT2D eigenvalue weighted by Gasteiger charge is 2.32. The van der Waals surface area contributed by atoms with Gasteiger partial charge in [-0.05, 0) is 24.7 Å². The molecule has 2 aliphatic rings. The van der Waals surface area contributed by atoms with Crippen molar-refractivity contribution in [2.75, 3.05) is 18.1 Å². The Morgan fingerprint density at radius 3 is 2.63 bits per heavy atom. The van der Waals surface area contributed by atoms with Gasteiger partial charge in [-0.15, -0.1) is 0 Å². The molecule has 5 nitrogen and oxygen atoms in total. The van der Waals surface area contributed by atoms with Crippen LogP contribution in [0.3, 0.4) is 0 Å². The van der Waals surface area contributed by atoms with Gasteiger partial charge in [-0.2, -0.15) is 0 Å². The first-order valence-corrected chi connectivity index (χ1v) is 8.92. The van der Waals surface area contributed by atoms with Crippen molar-refractivity contribution in [1.82, 2.24) is 10.6 Å². The first-order valence-electron chi connectivity index (χ1n) is 7.10. The second-order valence-electron chi connectivity index (χ2n) is 6.06. The molecule has 110 valence electrons. The van der Waals surface area contributed by atoms with Gasteiger partial charge in [0.1, 0.15) is 0 Å². The molecular formula is C13H24N2O3S. The van der Waals surface area contributed by atoms with E-state index in [9.17, 15) is 13.2 Å². The standard InChI is InChI=1S/C13H24N2O3S/c1-9-3-4-12(10(9)2)15-13(16)7-11-8-19(17,18)6-5-14-11/h9-12,14H,3-8H2,1-2H3,(H,15,16). The molecule has 1 aliphatic carbocycles. The van der Waals surface area contributed by atoms with Crippen LogP contribution < -0.4 is 10.6 Å². The summed E-state index contributed by atoms with van der Waals surface area (Å²) in [4.78, 5) is 12.0. The van der Waals surface area contributed by atoms with E-state index in [-0.39, 0.29) is 35.9 Å². The van der Waals surface area contributed by atoms with Crippen molar-refractivity contribution in [3.8, 4) is 0 Å². The molecule has 0 aromatic rings. The summed E-state index contributed by atoms with van der Waals surface area (Å²) in [5, 5.41) is 6.17. The van der Waals surface area contributed by atoms with E-state index in [2.05, 4.69) is 24.5 Å². The maximum atomic E-state index is 12.0. The summed E-state index contributed by atoms with van der Waals surface area (Å²) in [6.45, 7) is 4.84. The van der Waals surface area contributed by atoms with Gasteiger partial charge in [0.05, 0.1) is 11.5 Å². The van der Waals surface area contributed by atoms with Gasteiger partial charge < -0.3 is 10.6 Å². The zero-order chi connectivity index (χ0) is 14.0. The lowest BCUT2D eigenvalue weighted by Gasteiger charge is -2.25. The van der Waals surface area contributed by atoms with Gasteiger partial charge in [0.25, 0.3) is 0 Å². The molecule has 0 spiro atoms. The quantitative estimate of drug-likeness (QED) is 0.784. The van der Waals surface area contributed by atoms with Crippen LogP contribution in [0, 0.1) is 11.8 Å². The van der Waals surface area contributed by atoms with E-state index in [0.717, 1.165) is 12.8 Å². The number of rotatable bonds is 3. The summed E-state index contributed by atoms with van der Waals surface area (Å²) in [6, 6.07) is 0.0237. The van der Waals surface area contributed by atoms with Crippen molar-refractivity contribution < 1.29 is 13.2 Å². The Morgan fingerprint density at radius 2 is 2.05 bits per heavy atom. The van der Waals surface area contributed by atoms with Gasteiger partial charge in [0.15, 0.2) is 9.84 Å². The number of carbonyl (C=O) groups is 1. The molecule has 2 N–H and O–H groups in total. The minimum atomic E-state index is -2.97. The maximum Gasteiger partial charge on any atom is 0.221 e. The zero-order valence-electron chi connectivity index (χ0n) is 11.7. The van der Waals surface area contributed by atoms with Crippen LogP contribution in [0.1, 0.15) is 33.1 Å². The Bertz CT molecular complexity index is 435. The predicted molar refractivity (Wildman–Crippen MR) is 74.6 cm³/mol. The second-order valence-corrected chi connectivity index (χ2v) is 8.29. The zero-order valence-corrected chi connectivity index (χ0v) is 12.5. The maximum absolute atomic E-state index is 12.0. The average molecular weight is 288 g/mol. The van der Waals surface area contributed by atoms with Gasteiger partial charge in [-0.3, -0.25) is 4.79 Å². The largest absolute Gasteiger partial charge is 0.353 e. The molecular weight excluding hydrogens is 264 g/mol. The van der Waals surface area contributed by atoms with E-state index < -0.39 is 9.84 Å². The highest BCUT2D eigenvalue weighted by Crippen LogP contribution is 2.31. The van der Waals surface area contributed by atoms with Gasteiger partial charge in [0.2, 0.25) is 5.91 Å². The fraction of sp³-hybridized carbons (Fsp3) is 0.923. The van der Waals surface area contributed by atoms with Crippen molar-refractivity contribution in [3.05, 3.63) is 0 Å². The lowest BCUT2D eigenvalue weighted by atomic mass is 9.97. The molecule has 19 heavy (non-hydrogen) atoms. The van der Waals surface area contributed by atoms with E-state index in [4.69, 9.17) is 0 Å². The smallest absolute Gasteiger partial charge is 0.221 e. The monoisotopic (exact) mass is 288 g/mol. The van der Waals surface area contributed by atoms with E-state index >= 15 is 0 Å². The first kappa shape index (κ1) is 14.8. The number of nitrogens with one attached hydrogen (secondary N) is 2. The Kier molecular flexibility index (Phi) is 4.50. The van der Waals surface area contributed by atoms with Crippen molar-refractivity contribution in [2.45, 2.75) is 45.2 Å². The van der Waals surface area contributed by atoms with E-state index in [1.54, 1.807) is 0 Å². The molecule has 2 fully saturated rings. The molecule has 6 heteroatoms. The summed E-state index contributed by atoms with van der Waals surface area (Å²) in [6.07, 6.45) is 2.45. The topological polar surface area (TPSA) is 75.3 Å². The van der Waals surface area contributed by atoms with Crippen LogP contribution in [0.25, 0.3) is 0 Å². The lowest BCUT2D eigenvalue weighted by molar-refractivity contribution is -0.122. The number of carbonyl (C=O) groups excluding carboxylic acids is 1. The summed E-state index contributed by atoms with van der Waals surface area (Å²) >= 11 is 0. The van der Waals surface area contributed by atoms with Crippen LogP contribution in [0.4, 0.5) is 0 Å². The van der Waals surface area contributed by atoms with Gasteiger partial charge in [0, 0.05) is 25.0 Å². The normalized spacial score (nSPS) is 38.0. The van der Waals surface area contributed by atoms with Gasteiger partial charge in [-0.25, -0.2) is 8.42 Å². The molecule has 1 heterocycles. The number of hydrogen-bond acceptors (Lipinski definition) is 4. The number of amides is 1. The van der Waals surface area contributed by atoms with E-state index in [0.29, 0.717) is 18.4 Å². The first-order chi connectivity index (χ1) is 8.87. The Morgan fingerprint density at radius 1 is 1.32 bits per heavy atom. The molecule has 4 unspecified atom stereocenters. The summed E-state index contributed by atoms with van der Waals surface area (Å²) in [5.74, 6) is 1.39. The Balaban J connectivity index is 1.81. The summed E-state index contributed by atoms with van der Waals surface area (Å²) in [7, 11) is -2.97. The molecule has 4 atom stereocenters. The minimum Gasteiger partial charge on any atom is -0.353 e. The second kappa shape index (κ2) is 5.79.